The van der Waals surface area contributed by atoms with Crippen molar-refractivity contribution in [3.05, 3.63) is 28.7 Å². The molecule has 1 aromatic rings. The Morgan fingerprint density at radius 1 is 1.22 bits per heavy atom. The van der Waals surface area contributed by atoms with Gasteiger partial charge in [0.05, 0.1) is 6.54 Å². The van der Waals surface area contributed by atoms with Crippen molar-refractivity contribution in [2.24, 2.45) is 5.92 Å². The molecule has 1 heterocycles. The standard InChI is InChI=1S/C17H24BrN3O2/c1-12(2)19-17(23)13-7-9-21(10-8-13)11-16(22)20-15-5-3-14(18)4-6-15/h3-6,12-13H,7-11H2,1-2H3,(H,19,23)(H,20,22). The van der Waals surface area contributed by atoms with Crippen LogP contribution in [0, 0.1) is 5.92 Å². The summed E-state index contributed by atoms with van der Waals surface area (Å²) in [5.74, 6) is 0.194. The second-order valence-electron chi connectivity index (χ2n) is 6.27. The number of carbonyl (C=O) groups excluding carboxylic acids is 2. The third kappa shape index (κ3) is 5.95. The van der Waals surface area contributed by atoms with Crippen LogP contribution in [0.1, 0.15) is 26.7 Å². The number of hydrogen-bond donors (Lipinski definition) is 2. The zero-order valence-electron chi connectivity index (χ0n) is 13.6. The topological polar surface area (TPSA) is 61.4 Å². The molecule has 1 aliphatic heterocycles. The lowest BCUT2D eigenvalue weighted by Gasteiger charge is -2.31. The van der Waals surface area contributed by atoms with Crippen molar-refractivity contribution >= 4 is 33.4 Å². The normalized spacial score (nSPS) is 16.3. The molecule has 2 amide bonds. The number of nitrogens with one attached hydrogen (secondary N) is 2. The number of rotatable bonds is 5. The average molecular weight is 382 g/mol. The quantitative estimate of drug-likeness (QED) is 0.823. The first-order valence-corrected chi connectivity index (χ1v) is 8.81. The highest BCUT2D eigenvalue weighted by atomic mass is 79.9. The molecule has 0 atom stereocenters. The van der Waals surface area contributed by atoms with Gasteiger partial charge in [0.1, 0.15) is 0 Å². The molecule has 2 rings (SSSR count). The number of benzene rings is 1. The third-order valence-electron chi connectivity index (χ3n) is 3.88. The van der Waals surface area contributed by atoms with Crippen molar-refractivity contribution in [3.8, 4) is 0 Å². The monoisotopic (exact) mass is 381 g/mol. The smallest absolute Gasteiger partial charge is 0.238 e. The van der Waals surface area contributed by atoms with Crippen molar-refractivity contribution in [3.63, 3.8) is 0 Å². The second-order valence-corrected chi connectivity index (χ2v) is 7.18. The molecule has 0 spiro atoms. The Morgan fingerprint density at radius 3 is 2.39 bits per heavy atom. The summed E-state index contributed by atoms with van der Waals surface area (Å²) in [4.78, 5) is 26.2. The van der Waals surface area contributed by atoms with Gasteiger partial charge in [-0.2, -0.15) is 0 Å². The van der Waals surface area contributed by atoms with E-state index in [1.807, 2.05) is 38.1 Å². The maximum absolute atomic E-state index is 12.1. The van der Waals surface area contributed by atoms with Crippen LogP contribution in [0.25, 0.3) is 0 Å². The zero-order chi connectivity index (χ0) is 16.8. The molecule has 1 fully saturated rings. The van der Waals surface area contributed by atoms with Crippen molar-refractivity contribution in [1.29, 1.82) is 0 Å². The van der Waals surface area contributed by atoms with Crippen LogP contribution in [-0.4, -0.2) is 42.4 Å². The molecule has 5 nitrogen and oxygen atoms in total. The first-order chi connectivity index (χ1) is 10.9. The summed E-state index contributed by atoms with van der Waals surface area (Å²) in [7, 11) is 0. The molecular formula is C17H24BrN3O2. The molecule has 23 heavy (non-hydrogen) atoms. The van der Waals surface area contributed by atoms with E-state index < -0.39 is 0 Å². The van der Waals surface area contributed by atoms with E-state index in [1.54, 1.807) is 0 Å². The minimum absolute atomic E-state index is 0.0163. The van der Waals surface area contributed by atoms with E-state index in [-0.39, 0.29) is 23.8 Å². The van der Waals surface area contributed by atoms with Gasteiger partial charge in [0.2, 0.25) is 11.8 Å². The van der Waals surface area contributed by atoms with Gasteiger partial charge >= 0.3 is 0 Å². The van der Waals surface area contributed by atoms with Crippen molar-refractivity contribution < 1.29 is 9.59 Å². The van der Waals surface area contributed by atoms with Gasteiger partial charge in [-0.1, -0.05) is 15.9 Å². The molecule has 0 aliphatic carbocycles. The van der Waals surface area contributed by atoms with E-state index in [9.17, 15) is 9.59 Å². The first-order valence-electron chi connectivity index (χ1n) is 8.02. The number of piperidine rings is 1. The summed E-state index contributed by atoms with van der Waals surface area (Å²) in [5, 5.41) is 5.86. The molecule has 0 bridgehead atoms. The Bertz CT molecular complexity index is 537. The van der Waals surface area contributed by atoms with Gasteiger partial charge < -0.3 is 10.6 Å². The molecule has 0 unspecified atom stereocenters. The van der Waals surface area contributed by atoms with Crippen molar-refractivity contribution in [1.82, 2.24) is 10.2 Å². The maximum atomic E-state index is 12.1. The predicted molar refractivity (Wildman–Crippen MR) is 95.2 cm³/mol. The number of anilines is 1. The van der Waals surface area contributed by atoms with E-state index in [1.165, 1.54) is 0 Å². The van der Waals surface area contributed by atoms with Gasteiger partial charge in [0.25, 0.3) is 0 Å². The SMILES string of the molecule is CC(C)NC(=O)C1CCN(CC(=O)Nc2ccc(Br)cc2)CC1. The van der Waals surface area contributed by atoms with E-state index in [2.05, 4.69) is 31.5 Å². The van der Waals surface area contributed by atoms with Crippen LogP contribution in [0.15, 0.2) is 28.7 Å². The minimum Gasteiger partial charge on any atom is -0.354 e. The fourth-order valence-corrected chi connectivity index (χ4v) is 2.96. The molecule has 0 radical (unpaired) electrons. The Labute approximate surface area is 145 Å². The Balaban J connectivity index is 1.74. The Kier molecular flexibility index (Phi) is 6.59. The van der Waals surface area contributed by atoms with Gasteiger partial charge in [-0.3, -0.25) is 14.5 Å². The molecule has 1 aliphatic rings. The fourth-order valence-electron chi connectivity index (χ4n) is 2.69. The second kappa shape index (κ2) is 8.45. The van der Waals surface area contributed by atoms with E-state index >= 15 is 0 Å². The van der Waals surface area contributed by atoms with E-state index in [4.69, 9.17) is 0 Å². The molecular weight excluding hydrogens is 358 g/mol. The van der Waals surface area contributed by atoms with Crippen LogP contribution in [0.4, 0.5) is 5.69 Å². The van der Waals surface area contributed by atoms with Crippen LogP contribution >= 0.6 is 15.9 Å². The lowest BCUT2D eigenvalue weighted by Crippen LogP contribution is -2.44. The fraction of sp³-hybridized carbons (Fsp3) is 0.529. The van der Waals surface area contributed by atoms with Crippen molar-refractivity contribution in [2.45, 2.75) is 32.7 Å². The Morgan fingerprint density at radius 2 is 1.83 bits per heavy atom. The molecule has 126 valence electrons. The van der Waals surface area contributed by atoms with Gasteiger partial charge in [-0.05, 0) is 64.0 Å². The lowest BCUT2D eigenvalue weighted by atomic mass is 9.95. The van der Waals surface area contributed by atoms with E-state index in [0.29, 0.717) is 6.54 Å². The largest absolute Gasteiger partial charge is 0.354 e. The highest BCUT2D eigenvalue weighted by Crippen LogP contribution is 2.18. The van der Waals surface area contributed by atoms with Gasteiger partial charge in [-0.15, -0.1) is 0 Å². The lowest BCUT2D eigenvalue weighted by molar-refractivity contribution is -0.127. The zero-order valence-corrected chi connectivity index (χ0v) is 15.2. The van der Waals surface area contributed by atoms with Crippen LogP contribution < -0.4 is 10.6 Å². The Hall–Kier alpha value is -1.40. The van der Waals surface area contributed by atoms with Gasteiger partial charge in [0.15, 0.2) is 0 Å². The predicted octanol–water partition coefficient (Wildman–Crippen LogP) is 2.62. The average Bonchev–Trinajstić information content (AvgIpc) is 2.49. The number of amides is 2. The summed E-state index contributed by atoms with van der Waals surface area (Å²) in [5.41, 5.74) is 0.796. The highest BCUT2D eigenvalue weighted by Gasteiger charge is 2.26. The summed E-state index contributed by atoms with van der Waals surface area (Å²) < 4.78 is 0.984. The van der Waals surface area contributed by atoms with Crippen molar-refractivity contribution in [2.75, 3.05) is 25.0 Å². The highest BCUT2D eigenvalue weighted by molar-refractivity contribution is 9.10. The summed E-state index contributed by atoms with van der Waals surface area (Å²) in [6.45, 7) is 5.88. The maximum Gasteiger partial charge on any atom is 0.238 e. The minimum atomic E-state index is -0.0163. The summed E-state index contributed by atoms with van der Waals surface area (Å²) in [6, 6.07) is 7.70. The first kappa shape index (κ1) is 17.9. The molecule has 1 aromatic carbocycles. The molecule has 1 saturated heterocycles. The van der Waals surface area contributed by atoms with E-state index in [0.717, 1.165) is 36.1 Å². The number of carbonyl (C=O) groups is 2. The van der Waals surface area contributed by atoms with Crippen LogP contribution in [0.2, 0.25) is 0 Å². The number of halogens is 1. The van der Waals surface area contributed by atoms with Crippen LogP contribution in [-0.2, 0) is 9.59 Å². The molecule has 2 N–H and O–H groups in total. The third-order valence-corrected chi connectivity index (χ3v) is 4.41. The summed E-state index contributed by atoms with van der Waals surface area (Å²) >= 11 is 3.37. The summed E-state index contributed by atoms with van der Waals surface area (Å²) in [6.07, 6.45) is 1.62. The molecule has 0 saturated carbocycles. The van der Waals surface area contributed by atoms with Gasteiger partial charge in [0, 0.05) is 22.1 Å². The van der Waals surface area contributed by atoms with Crippen LogP contribution in [0.3, 0.4) is 0 Å². The number of hydrogen-bond acceptors (Lipinski definition) is 3. The van der Waals surface area contributed by atoms with Gasteiger partial charge in [-0.25, -0.2) is 0 Å². The molecule has 0 aromatic heterocycles. The number of likely N-dealkylation sites (tertiary alicyclic amines) is 1. The van der Waals surface area contributed by atoms with Crippen LogP contribution in [0.5, 0.6) is 0 Å². The molecule has 6 heteroatoms. The number of nitrogens with zero attached hydrogens (tertiary/aromatic N) is 1.